The minimum absolute atomic E-state index is 0.136. The average molecular weight is 498 g/mol. The second-order valence-corrected chi connectivity index (χ2v) is 7.19. The number of amides is 1. The summed E-state index contributed by atoms with van der Waals surface area (Å²) in [6, 6.07) is 16.8. The fraction of sp³-hybridized carbons (Fsp3) is 0.0455. The monoisotopic (exact) mass is 497 g/mol. The summed E-state index contributed by atoms with van der Waals surface area (Å²) < 4.78 is 11.2. The van der Waals surface area contributed by atoms with Crippen LogP contribution in [0.4, 0.5) is 5.69 Å². The first kappa shape index (κ1) is 22.6. The molecule has 0 aromatic heterocycles. The van der Waals surface area contributed by atoms with E-state index >= 15 is 0 Å². The maximum atomic E-state index is 12.5. The van der Waals surface area contributed by atoms with E-state index in [-0.39, 0.29) is 16.9 Å². The van der Waals surface area contributed by atoms with Crippen molar-refractivity contribution in [2.45, 2.75) is 0 Å². The molecular formula is C22H16BrN3O6. The minimum atomic E-state index is -0.796. The molecule has 1 amide bonds. The molecule has 0 bridgehead atoms. The molecule has 0 saturated heterocycles. The van der Waals surface area contributed by atoms with Gasteiger partial charge in [0.1, 0.15) is 5.75 Å². The molecule has 3 aromatic rings. The molecule has 1 N–H and O–H groups in total. The van der Waals surface area contributed by atoms with Crippen LogP contribution in [0.3, 0.4) is 0 Å². The van der Waals surface area contributed by atoms with E-state index in [4.69, 9.17) is 9.47 Å². The molecule has 3 aromatic carbocycles. The molecule has 0 spiro atoms. The summed E-state index contributed by atoms with van der Waals surface area (Å²) in [6.07, 6.45) is 1.17. The van der Waals surface area contributed by atoms with Crippen molar-refractivity contribution in [3.63, 3.8) is 0 Å². The van der Waals surface area contributed by atoms with Crippen LogP contribution in [-0.2, 0) is 0 Å². The van der Waals surface area contributed by atoms with Crippen LogP contribution in [-0.4, -0.2) is 30.1 Å². The number of nitro benzene ring substituents is 1. The topological polar surface area (TPSA) is 120 Å². The van der Waals surface area contributed by atoms with Crippen LogP contribution >= 0.6 is 15.9 Å². The molecule has 0 radical (unpaired) electrons. The van der Waals surface area contributed by atoms with Crippen LogP contribution < -0.4 is 14.9 Å². The molecule has 9 nitrogen and oxygen atoms in total. The number of benzene rings is 3. The molecule has 0 aliphatic carbocycles. The number of para-hydroxylation sites is 1. The lowest BCUT2D eigenvalue weighted by Gasteiger charge is -2.08. The zero-order valence-electron chi connectivity index (χ0n) is 16.7. The van der Waals surface area contributed by atoms with Crippen molar-refractivity contribution in [1.82, 2.24) is 5.43 Å². The second kappa shape index (κ2) is 10.3. The van der Waals surface area contributed by atoms with Crippen molar-refractivity contribution < 1.29 is 24.0 Å². The maximum Gasteiger partial charge on any atom is 0.343 e. The number of hydrogen-bond acceptors (Lipinski definition) is 7. The maximum absolute atomic E-state index is 12.5. The third kappa shape index (κ3) is 5.55. The number of rotatable bonds is 7. The fourth-order valence-electron chi connectivity index (χ4n) is 2.60. The molecule has 0 atom stereocenters. The molecule has 0 fully saturated rings. The first-order valence-corrected chi connectivity index (χ1v) is 9.91. The number of nitrogens with one attached hydrogen (secondary N) is 1. The molecule has 10 heteroatoms. The predicted molar refractivity (Wildman–Crippen MR) is 120 cm³/mol. The molecular weight excluding hydrogens is 482 g/mol. The van der Waals surface area contributed by atoms with E-state index in [1.807, 2.05) is 0 Å². The Morgan fingerprint density at radius 2 is 1.69 bits per heavy atom. The quantitative estimate of drug-likeness (QED) is 0.170. The van der Waals surface area contributed by atoms with E-state index in [0.29, 0.717) is 11.3 Å². The van der Waals surface area contributed by atoms with Gasteiger partial charge in [0.05, 0.1) is 23.8 Å². The number of esters is 1. The van der Waals surface area contributed by atoms with Gasteiger partial charge in [-0.3, -0.25) is 14.9 Å². The number of methoxy groups -OCH3 is 1. The third-order valence-electron chi connectivity index (χ3n) is 4.22. The number of carbonyl (C=O) groups excluding carboxylic acids is 2. The van der Waals surface area contributed by atoms with Gasteiger partial charge in [0, 0.05) is 21.7 Å². The summed E-state index contributed by atoms with van der Waals surface area (Å²) in [4.78, 5) is 35.5. The number of hydrogen-bond donors (Lipinski definition) is 1. The molecule has 0 aliphatic heterocycles. The van der Waals surface area contributed by atoms with Crippen LogP contribution in [0, 0.1) is 10.1 Å². The zero-order chi connectivity index (χ0) is 23.1. The van der Waals surface area contributed by atoms with E-state index in [9.17, 15) is 19.7 Å². The van der Waals surface area contributed by atoms with Crippen LogP contribution in [0.5, 0.6) is 11.5 Å². The first-order valence-electron chi connectivity index (χ1n) is 9.11. The van der Waals surface area contributed by atoms with Gasteiger partial charge < -0.3 is 9.47 Å². The summed E-state index contributed by atoms with van der Waals surface area (Å²) in [5, 5.41) is 15.3. The lowest BCUT2D eigenvalue weighted by molar-refractivity contribution is -0.385. The summed E-state index contributed by atoms with van der Waals surface area (Å²) in [7, 11) is 1.49. The molecule has 3 rings (SSSR count). The highest BCUT2D eigenvalue weighted by Gasteiger charge is 2.22. The average Bonchev–Trinajstić information content (AvgIpc) is 2.80. The standard InChI is InChI=1S/C22H16BrN3O6/c1-31-18-11-7-15(8-12-18)22(28)32-20-16(3-2-4-19(20)26(29)30)13-24-25-21(27)14-5-9-17(23)10-6-14/h2-13H,1H3,(H,25,27)/b24-13+. The summed E-state index contributed by atoms with van der Waals surface area (Å²) in [5.74, 6) is -1.02. The highest BCUT2D eigenvalue weighted by Crippen LogP contribution is 2.31. The van der Waals surface area contributed by atoms with Crippen molar-refractivity contribution in [2.24, 2.45) is 5.10 Å². The lowest BCUT2D eigenvalue weighted by Crippen LogP contribution is -2.17. The van der Waals surface area contributed by atoms with Gasteiger partial charge in [-0.2, -0.15) is 5.10 Å². The van der Waals surface area contributed by atoms with Crippen LogP contribution in [0.2, 0.25) is 0 Å². The molecule has 0 unspecified atom stereocenters. The Bertz CT molecular complexity index is 1180. The van der Waals surface area contributed by atoms with E-state index in [2.05, 4.69) is 26.5 Å². The second-order valence-electron chi connectivity index (χ2n) is 6.28. The highest BCUT2D eigenvalue weighted by atomic mass is 79.9. The van der Waals surface area contributed by atoms with Gasteiger partial charge in [-0.25, -0.2) is 10.2 Å². The molecule has 162 valence electrons. The summed E-state index contributed by atoms with van der Waals surface area (Å²) >= 11 is 3.28. The van der Waals surface area contributed by atoms with Gasteiger partial charge in [0.25, 0.3) is 5.91 Å². The molecule has 0 aliphatic rings. The molecule has 0 saturated carbocycles. The van der Waals surface area contributed by atoms with E-state index < -0.39 is 22.5 Å². The van der Waals surface area contributed by atoms with Crippen LogP contribution in [0.1, 0.15) is 26.3 Å². The van der Waals surface area contributed by atoms with E-state index in [1.165, 1.54) is 43.7 Å². The minimum Gasteiger partial charge on any atom is -0.497 e. The molecule has 0 heterocycles. The zero-order valence-corrected chi connectivity index (χ0v) is 18.2. The number of ether oxygens (including phenoxy) is 2. The first-order chi connectivity index (χ1) is 15.4. The fourth-order valence-corrected chi connectivity index (χ4v) is 2.87. The number of halogens is 1. The largest absolute Gasteiger partial charge is 0.497 e. The molecule has 32 heavy (non-hydrogen) atoms. The Hall–Kier alpha value is -4.05. The third-order valence-corrected chi connectivity index (χ3v) is 4.75. The lowest BCUT2D eigenvalue weighted by atomic mass is 10.1. The summed E-state index contributed by atoms with van der Waals surface area (Å²) in [6.45, 7) is 0. The van der Waals surface area contributed by atoms with Crippen LogP contribution in [0.25, 0.3) is 0 Å². The Labute approximate surface area is 190 Å². The van der Waals surface area contributed by atoms with Crippen molar-refractivity contribution in [3.8, 4) is 11.5 Å². The van der Waals surface area contributed by atoms with Gasteiger partial charge in [0.2, 0.25) is 5.75 Å². The van der Waals surface area contributed by atoms with Crippen LogP contribution in [0.15, 0.2) is 76.3 Å². The number of nitro groups is 1. The van der Waals surface area contributed by atoms with Gasteiger partial charge in [-0.05, 0) is 54.6 Å². The Kier molecular flexibility index (Phi) is 7.29. The smallest absolute Gasteiger partial charge is 0.343 e. The normalized spacial score (nSPS) is 10.6. The van der Waals surface area contributed by atoms with Crippen molar-refractivity contribution in [3.05, 3.63) is 98.0 Å². The number of carbonyl (C=O) groups is 2. The van der Waals surface area contributed by atoms with Gasteiger partial charge in [-0.1, -0.05) is 22.0 Å². The number of hydrazone groups is 1. The highest BCUT2D eigenvalue weighted by molar-refractivity contribution is 9.10. The van der Waals surface area contributed by atoms with Gasteiger partial charge in [0.15, 0.2) is 0 Å². The SMILES string of the molecule is COc1ccc(C(=O)Oc2c(/C=N/NC(=O)c3ccc(Br)cc3)cccc2[N+](=O)[O-])cc1. The van der Waals surface area contributed by atoms with E-state index in [0.717, 1.165) is 4.47 Å². The van der Waals surface area contributed by atoms with Crippen molar-refractivity contribution >= 4 is 39.7 Å². The Morgan fingerprint density at radius 1 is 1.03 bits per heavy atom. The Morgan fingerprint density at radius 3 is 2.31 bits per heavy atom. The van der Waals surface area contributed by atoms with Gasteiger partial charge >= 0.3 is 11.7 Å². The Balaban J connectivity index is 1.82. The predicted octanol–water partition coefficient (Wildman–Crippen LogP) is 4.35. The van der Waals surface area contributed by atoms with Gasteiger partial charge in [-0.15, -0.1) is 0 Å². The summed E-state index contributed by atoms with van der Waals surface area (Å²) in [5.41, 5.74) is 2.59. The van der Waals surface area contributed by atoms with E-state index in [1.54, 1.807) is 36.4 Å². The van der Waals surface area contributed by atoms with Crippen molar-refractivity contribution in [1.29, 1.82) is 0 Å². The number of nitrogens with zero attached hydrogens (tertiary/aromatic N) is 2. The van der Waals surface area contributed by atoms with Crippen molar-refractivity contribution in [2.75, 3.05) is 7.11 Å².